The van der Waals surface area contributed by atoms with E-state index >= 15 is 0 Å². The number of unbranched alkanes of at least 4 members (excludes halogenated alkanes) is 1. The molecular formula is C11H24N2S. The first-order valence-corrected chi connectivity index (χ1v) is 7.14. The normalized spacial score (nSPS) is 20.1. The van der Waals surface area contributed by atoms with Crippen molar-refractivity contribution in [2.45, 2.75) is 31.7 Å². The van der Waals surface area contributed by atoms with Crippen LogP contribution in [0.25, 0.3) is 0 Å². The molecule has 0 saturated carbocycles. The maximum Gasteiger partial charge on any atom is 0.00884 e. The van der Waals surface area contributed by atoms with Crippen molar-refractivity contribution in [1.82, 2.24) is 10.2 Å². The lowest BCUT2D eigenvalue weighted by molar-refractivity contribution is 0.199. The first-order chi connectivity index (χ1) is 6.86. The molecule has 1 saturated heterocycles. The van der Waals surface area contributed by atoms with E-state index in [-0.39, 0.29) is 0 Å². The summed E-state index contributed by atoms with van der Waals surface area (Å²) in [7, 11) is 2.08. The number of likely N-dealkylation sites (tertiary alicyclic amines) is 1. The topological polar surface area (TPSA) is 15.3 Å². The van der Waals surface area contributed by atoms with E-state index in [1.165, 1.54) is 51.1 Å². The van der Waals surface area contributed by atoms with Crippen LogP contribution in [0.4, 0.5) is 0 Å². The van der Waals surface area contributed by atoms with Gasteiger partial charge in [-0.1, -0.05) is 0 Å². The van der Waals surface area contributed by atoms with Crippen LogP contribution in [0.3, 0.4) is 0 Å². The quantitative estimate of drug-likeness (QED) is 0.682. The molecule has 0 amide bonds. The van der Waals surface area contributed by atoms with Gasteiger partial charge in [0.2, 0.25) is 0 Å². The fourth-order valence-corrected chi connectivity index (χ4v) is 2.52. The van der Waals surface area contributed by atoms with Crippen LogP contribution < -0.4 is 5.32 Å². The fourth-order valence-electron chi connectivity index (χ4n) is 2.03. The van der Waals surface area contributed by atoms with Crippen molar-refractivity contribution in [1.29, 1.82) is 0 Å². The smallest absolute Gasteiger partial charge is 0.00884 e. The summed E-state index contributed by atoms with van der Waals surface area (Å²) in [5.74, 6) is 1.33. The summed E-state index contributed by atoms with van der Waals surface area (Å²) in [6.07, 6.45) is 7.62. The van der Waals surface area contributed by atoms with E-state index in [4.69, 9.17) is 0 Å². The highest BCUT2D eigenvalue weighted by Gasteiger charge is 2.16. The van der Waals surface area contributed by atoms with Crippen LogP contribution in [0.15, 0.2) is 0 Å². The van der Waals surface area contributed by atoms with E-state index < -0.39 is 0 Å². The maximum absolute atomic E-state index is 3.37. The lowest BCUT2D eigenvalue weighted by Gasteiger charge is -2.31. The third-order valence-electron chi connectivity index (χ3n) is 3.07. The summed E-state index contributed by atoms with van der Waals surface area (Å²) >= 11 is 1.96. The number of piperidine rings is 1. The van der Waals surface area contributed by atoms with Gasteiger partial charge in [0.1, 0.15) is 0 Å². The molecular weight excluding hydrogens is 192 g/mol. The number of hydrogen-bond donors (Lipinski definition) is 1. The molecule has 0 aromatic rings. The van der Waals surface area contributed by atoms with E-state index in [1.54, 1.807) is 0 Å². The molecule has 3 heteroatoms. The molecule has 1 N–H and O–H groups in total. The second-order valence-electron chi connectivity index (χ2n) is 4.10. The Morgan fingerprint density at radius 1 is 1.29 bits per heavy atom. The molecule has 0 radical (unpaired) electrons. The molecule has 0 aromatic carbocycles. The number of thioether (sulfide) groups is 1. The van der Waals surface area contributed by atoms with Gasteiger partial charge in [-0.3, -0.25) is 0 Å². The van der Waals surface area contributed by atoms with E-state index in [9.17, 15) is 0 Å². The molecule has 1 aliphatic rings. The Morgan fingerprint density at radius 2 is 2.00 bits per heavy atom. The molecule has 0 atom stereocenters. The van der Waals surface area contributed by atoms with Crippen LogP contribution in [0, 0.1) is 0 Å². The summed E-state index contributed by atoms with van der Waals surface area (Å²) in [6, 6.07) is 0.775. The van der Waals surface area contributed by atoms with Crippen molar-refractivity contribution >= 4 is 11.8 Å². The summed E-state index contributed by atoms with van der Waals surface area (Å²) in [4.78, 5) is 2.62. The maximum atomic E-state index is 3.37. The molecule has 84 valence electrons. The lowest BCUT2D eigenvalue weighted by atomic mass is 10.1. The summed E-state index contributed by atoms with van der Waals surface area (Å²) in [5, 5.41) is 3.37. The molecule has 0 spiro atoms. The Hall–Kier alpha value is 0.270. The highest BCUT2D eigenvalue weighted by molar-refractivity contribution is 7.98. The van der Waals surface area contributed by atoms with Gasteiger partial charge in [0, 0.05) is 6.04 Å². The van der Waals surface area contributed by atoms with Crippen LogP contribution in [-0.4, -0.2) is 49.6 Å². The third-order valence-corrected chi connectivity index (χ3v) is 3.77. The van der Waals surface area contributed by atoms with Crippen LogP contribution in [0.5, 0.6) is 0 Å². The minimum atomic E-state index is 0.775. The second-order valence-corrected chi connectivity index (χ2v) is 5.09. The predicted octanol–water partition coefficient (Wildman–Crippen LogP) is 1.81. The Morgan fingerprint density at radius 3 is 2.57 bits per heavy atom. The molecule has 1 fully saturated rings. The third kappa shape index (κ3) is 4.67. The highest BCUT2D eigenvalue weighted by atomic mass is 32.2. The van der Waals surface area contributed by atoms with Crippen LogP contribution in [0.2, 0.25) is 0 Å². The second kappa shape index (κ2) is 7.55. The van der Waals surface area contributed by atoms with Gasteiger partial charge in [0.15, 0.2) is 0 Å². The van der Waals surface area contributed by atoms with Crippen molar-refractivity contribution in [3.63, 3.8) is 0 Å². The van der Waals surface area contributed by atoms with Crippen LogP contribution >= 0.6 is 11.8 Å². The molecule has 0 unspecified atom stereocenters. The molecule has 14 heavy (non-hydrogen) atoms. The number of nitrogens with one attached hydrogen (secondary N) is 1. The van der Waals surface area contributed by atoms with E-state index in [2.05, 4.69) is 23.5 Å². The Balaban J connectivity index is 1.98. The van der Waals surface area contributed by atoms with Crippen molar-refractivity contribution in [2.75, 3.05) is 38.7 Å². The van der Waals surface area contributed by atoms with Gasteiger partial charge >= 0.3 is 0 Å². The molecule has 0 bridgehead atoms. The predicted molar refractivity (Wildman–Crippen MR) is 66.1 cm³/mol. The average Bonchev–Trinajstić information content (AvgIpc) is 2.25. The van der Waals surface area contributed by atoms with Gasteiger partial charge in [-0.2, -0.15) is 11.8 Å². The van der Waals surface area contributed by atoms with Crippen molar-refractivity contribution in [3.05, 3.63) is 0 Å². The minimum absolute atomic E-state index is 0.775. The minimum Gasteiger partial charge on any atom is -0.317 e. The van der Waals surface area contributed by atoms with Gasteiger partial charge in [-0.25, -0.2) is 0 Å². The monoisotopic (exact) mass is 216 g/mol. The lowest BCUT2D eigenvalue weighted by Crippen LogP contribution is -2.41. The number of hydrogen-bond acceptors (Lipinski definition) is 3. The molecule has 1 rings (SSSR count). The molecule has 1 heterocycles. The Kier molecular flexibility index (Phi) is 6.65. The van der Waals surface area contributed by atoms with Crippen molar-refractivity contribution in [2.24, 2.45) is 0 Å². The Bertz CT molecular complexity index is 133. The molecule has 0 aromatic heterocycles. The number of nitrogens with zero attached hydrogens (tertiary/aromatic N) is 1. The average molecular weight is 216 g/mol. The number of rotatable bonds is 6. The zero-order valence-corrected chi connectivity index (χ0v) is 10.4. The van der Waals surface area contributed by atoms with Gasteiger partial charge in [0.25, 0.3) is 0 Å². The fraction of sp³-hybridized carbons (Fsp3) is 1.00. The summed E-state index contributed by atoms with van der Waals surface area (Å²) in [6.45, 7) is 3.91. The van der Waals surface area contributed by atoms with Crippen LogP contribution in [-0.2, 0) is 0 Å². The van der Waals surface area contributed by atoms with E-state index in [1.807, 2.05) is 11.8 Å². The zero-order valence-electron chi connectivity index (χ0n) is 9.59. The molecule has 2 nitrogen and oxygen atoms in total. The molecule has 1 aliphatic heterocycles. The van der Waals surface area contributed by atoms with Gasteiger partial charge < -0.3 is 10.2 Å². The zero-order chi connectivity index (χ0) is 10.2. The summed E-state index contributed by atoms with van der Waals surface area (Å²) in [5.41, 5.74) is 0. The van der Waals surface area contributed by atoms with E-state index in [0.29, 0.717) is 0 Å². The van der Waals surface area contributed by atoms with Gasteiger partial charge in [-0.05, 0) is 64.4 Å². The highest BCUT2D eigenvalue weighted by Crippen LogP contribution is 2.11. The standard InChI is InChI=1S/C11H24N2S/c1-12-11-5-8-13(9-6-11)7-3-4-10-14-2/h11-12H,3-10H2,1-2H3. The van der Waals surface area contributed by atoms with Crippen LogP contribution in [0.1, 0.15) is 25.7 Å². The Labute approximate surface area is 92.8 Å². The first-order valence-electron chi connectivity index (χ1n) is 5.75. The van der Waals surface area contributed by atoms with Gasteiger partial charge in [0.05, 0.1) is 0 Å². The SMILES string of the molecule is CNC1CCN(CCCCSC)CC1. The first kappa shape index (κ1) is 12.3. The van der Waals surface area contributed by atoms with Crippen molar-refractivity contribution in [3.8, 4) is 0 Å². The molecule has 0 aliphatic carbocycles. The van der Waals surface area contributed by atoms with E-state index in [0.717, 1.165) is 6.04 Å². The summed E-state index contributed by atoms with van der Waals surface area (Å²) < 4.78 is 0. The van der Waals surface area contributed by atoms with Crippen molar-refractivity contribution < 1.29 is 0 Å². The largest absolute Gasteiger partial charge is 0.317 e. The van der Waals surface area contributed by atoms with Gasteiger partial charge in [-0.15, -0.1) is 0 Å².